The van der Waals surface area contributed by atoms with Crippen LogP contribution in [-0.4, -0.2) is 24.1 Å². The minimum absolute atomic E-state index is 0.0619. The molecular weight excluding hydrogens is 246 g/mol. The van der Waals surface area contributed by atoms with Gasteiger partial charge >= 0.3 is 0 Å². The molecule has 0 aliphatic carbocycles. The van der Waals surface area contributed by atoms with Gasteiger partial charge in [0.2, 0.25) is 5.91 Å². The summed E-state index contributed by atoms with van der Waals surface area (Å²) in [5, 5.41) is 6.46. The molecule has 1 amide bonds. The minimum atomic E-state index is -0.0619. The maximum Gasteiger partial charge on any atom is 0.244 e. The van der Waals surface area contributed by atoms with Crippen molar-refractivity contribution in [1.82, 2.24) is 5.32 Å². The quantitative estimate of drug-likeness (QED) is 0.630. The number of benzene rings is 1. The molecule has 0 bridgehead atoms. The number of para-hydroxylation sites is 2. The highest BCUT2D eigenvalue weighted by atomic mass is 32.1. The molecule has 18 heavy (non-hydrogen) atoms. The van der Waals surface area contributed by atoms with Gasteiger partial charge in [0.1, 0.15) is 6.54 Å². The molecule has 2 rings (SSSR count). The molecule has 0 atom stereocenters. The van der Waals surface area contributed by atoms with E-state index in [-0.39, 0.29) is 12.5 Å². The third-order valence-corrected chi connectivity index (χ3v) is 2.92. The Morgan fingerprint density at radius 3 is 3.00 bits per heavy atom. The van der Waals surface area contributed by atoms with E-state index in [1.807, 2.05) is 31.2 Å². The predicted molar refractivity (Wildman–Crippen MR) is 77.8 cm³/mol. The number of anilines is 2. The summed E-state index contributed by atoms with van der Waals surface area (Å²) >= 11 is 5.32. The molecule has 94 valence electrons. The van der Waals surface area contributed by atoms with Crippen LogP contribution in [-0.2, 0) is 4.79 Å². The predicted octanol–water partition coefficient (Wildman–Crippen LogP) is 1.90. The van der Waals surface area contributed by atoms with Gasteiger partial charge in [-0.05, 0) is 31.3 Å². The summed E-state index contributed by atoms with van der Waals surface area (Å²) in [5.41, 5.74) is 2.69. The zero-order valence-electron chi connectivity index (χ0n) is 10.2. The van der Waals surface area contributed by atoms with Gasteiger partial charge in [0, 0.05) is 6.54 Å². The number of hydrogen-bond donors (Lipinski definition) is 2. The Balaban J connectivity index is 2.20. The molecule has 1 aromatic carbocycles. The van der Waals surface area contributed by atoms with E-state index in [1.54, 1.807) is 4.90 Å². The lowest BCUT2D eigenvalue weighted by Gasteiger charge is -2.31. The van der Waals surface area contributed by atoms with E-state index in [9.17, 15) is 4.79 Å². The first-order chi connectivity index (χ1) is 8.58. The number of carbonyl (C=O) groups excluding carboxylic acids is 1. The molecule has 2 N–H and O–H groups in total. The number of hydrogen-bond acceptors (Lipinski definition) is 2. The summed E-state index contributed by atoms with van der Waals surface area (Å²) in [5.74, 6) is -0.0619. The molecule has 0 fully saturated rings. The first kappa shape index (κ1) is 12.6. The van der Waals surface area contributed by atoms with Crippen molar-refractivity contribution in [2.24, 2.45) is 0 Å². The van der Waals surface area contributed by atoms with Gasteiger partial charge in [-0.1, -0.05) is 24.3 Å². The summed E-state index contributed by atoms with van der Waals surface area (Å²) in [6, 6.07) is 7.60. The van der Waals surface area contributed by atoms with Crippen LogP contribution in [0.4, 0.5) is 11.4 Å². The average molecular weight is 261 g/mol. The molecule has 4 nitrogen and oxygen atoms in total. The Morgan fingerprint density at radius 1 is 1.56 bits per heavy atom. The van der Waals surface area contributed by atoms with E-state index in [4.69, 9.17) is 12.2 Å². The summed E-state index contributed by atoms with van der Waals surface area (Å²) in [7, 11) is 0. The highest BCUT2D eigenvalue weighted by molar-refractivity contribution is 7.80. The smallest absolute Gasteiger partial charge is 0.244 e. The van der Waals surface area contributed by atoms with Gasteiger partial charge in [-0.15, -0.1) is 0 Å². The zero-order chi connectivity index (χ0) is 13.1. The number of amides is 1. The lowest BCUT2D eigenvalue weighted by atomic mass is 10.2. The number of carbonyl (C=O) groups is 1. The summed E-state index contributed by atoms with van der Waals surface area (Å²) in [6.45, 7) is 6.58. The molecule has 5 heteroatoms. The molecule has 1 aliphatic rings. The fraction of sp³-hybridized carbons (Fsp3) is 0.231. The van der Waals surface area contributed by atoms with E-state index in [0.29, 0.717) is 11.7 Å². The molecule has 1 aliphatic heterocycles. The van der Waals surface area contributed by atoms with E-state index < -0.39 is 0 Å². The highest BCUT2D eigenvalue weighted by Gasteiger charge is 2.23. The Bertz CT molecular complexity index is 513. The van der Waals surface area contributed by atoms with Crippen LogP contribution in [0.25, 0.3) is 0 Å². The maximum atomic E-state index is 11.6. The van der Waals surface area contributed by atoms with Crippen molar-refractivity contribution < 1.29 is 4.79 Å². The summed E-state index contributed by atoms with van der Waals surface area (Å²) in [4.78, 5) is 13.4. The van der Waals surface area contributed by atoms with Crippen molar-refractivity contribution in [2.75, 3.05) is 23.3 Å². The molecule has 0 radical (unpaired) electrons. The fourth-order valence-electron chi connectivity index (χ4n) is 1.74. The van der Waals surface area contributed by atoms with Crippen LogP contribution in [0.3, 0.4) is 0 Å². The first-order valence-corrected chi connectivity index (χ1v) is 6.07. The van der Waals surface area contributed by atoms with Crippen molar-refractivity contribution in [1.29, 1.82) is 0 Å². The van der Waals surface area contributed by atoms with E-state index in [0.717, 1.165) is 16.9 Å². The number of fused-ring (bicyclic) bond motifs is 1. The molecular formula is C13H15N3OS. The van der Waals surface area contributed by atoms with Gasteiger partial charge in [0.05, 0.1) is 11.4 Å². The second-order valence-electron chi connectivity index (χ2n) is 4.27. The van der Waals surface area contributed by atoms with E-state index >= 15 is 0 Å². The molecule has 0 saturated carbocycles. The molecule has 0 saturated heterocycles. The minimum Gasteiger partial charge on any atom is -0.359 e. The third-order valence-electron chi connectivity index (χ3n) is 2.56. The van der Waals surface area contributed by atoms with Gasteiger partial charge < -0.3 is 15.5 Å². The Morgan fingerprint density at radius 2 is 2.28 bits per heavy atom. The SMILES string of the molecule is C=C(C)CNC(=S)N1CC(=O)Nc2ccccc21. The number of nitrogens with zero attached hydrogens (tertiary/aromatic N) is 1. The van der Waals surface area contributed by atoms with Gasteiger partial charge in [-0.3, -0.25) is 4.79 Å². The lowest BCUT2D eigenvalue weighted by Crippen LogP contribution is -2.47. The van der Waals surface area contributed by atoms with Crippen LogP contribution in [0.5, 0.6) is 0 Å². The van der Waals surface area contributed by atoms with Crippen molar-refractivity contribution in [3.05, 3.63) is 36.4 Å². The monoisotopic (exact) mass is 261 g/mol. The number of nitrogens with one attached hydrogen (secondary N) is 2. The fourth-order valence-corrected chi connectivity index (χ4v) is 1.97. The van der Waals surface area contributed by atoms with Crippen LogP contribution in [0.1, 0.15) is 6.92 Å². The van der Waals surface area contributed by atoms with E-state index in [2.05, 4.69) is 17.2 Å². The van der Waals surface area contributed by atoms with Crippen LogP contribution in [0.15, 0.2) is 36.4 Å². The third kappa shape index (κ3) is 2.68. The number of thiocarbonyl (C=S) groups is 1. The van der Waals surface area contributed by atoms with Crippen molar-refractivity contribution in [3.8, 4) is 0 Å². The van der Waals surface area contributed by atoms with E-state index in [1.165, 1.54) is 0 Å². The van der Waals surface area contributed by atoms with Crippen molar-refractivity contribution in [2.45, 2.75) is 6.92 Å². The van der Waals surface area contributed by atoms with Gasteiger partial charge in [0.25, 0.3) is 0 Å². The first-order valence-electron chi connectivity index (χ1n) is 5.66. The molecule has 0 spiro atoms. The normalized spacial score (nSPS) is 13.6. The Labute approximate surface area is 112 Å². The highest BCUT2D eigenvalue weighted by Crippen LogP contribution is 2.28. The second-order valence-corrected chi connectivity index (χ2v) is 4.65. The van der Waals surface area contributed by atoms with Gasteiger partial charge in [0.15, 0.2) is 5.11 Å². The number of rotatable bonds is 2. The second kappa shape index (κ2) is 5.18. The molecule has 0 aromatic heterocycles. The molecule has 1 aromatic rings. The molecule has 1 heterocycles. The van der Waals surface area contributed by atoms with Gasteiger partial charge in [-0.25, -0.2) is 0 Å². The maximum absolute atomic E-state index is 11.6. The van der Waals surface area contributed by atoms with Crippen LogP contribution in [0, 0.1) is 0 Å². The van der Waals surface area contributed by atoms with Crippen molar-refractivity contribution >= 4 is 34.6 Å². The zero-order valence-corrected chi connectivity index (χ0v) is 11.0. The standard InChI is InChI=1S/C13H15N3OS/c1-9(2)7-14-13(18)16-8-12(17)15-10-5-3-4-6-11(10)16/h3-6H,1,7-8H2,2H3,(H,14,18)(H,15,17). The van der Waals surface area contributed by atoms with Crippen molar-refractivity contribution in [3.63, 3.8) is 0 Å². The topological polar surface area (TPSA) is 44.4 Å². The van der Waals surface area contributed by atoms with Crippen LogP contribution in [0.2, 0.25) is 0 Å². The lowest BCUT2D eigenvalue weighted by molar-refractivity contribution is -0.115. The summed E-state index contributed by atoms with van der Waals surface area (Å²) < 4.78 is 0. The largest absolute Gasteiger partial charge is 0.359 e. The van der Waals surface area contributed by atoms with Crippen LogP contribution >= 0.6 is 12.2 Å². The summed E-state index contributed by atoms with van der Waals surface area (Å²) in [6.07, 6.45) is 0. The Kier molecular flexibility index (Phi) is 3.62. The molecule has 0 unspecified atom stereocenters. The van der Waals surface area contributed by atoms with Crippen LogP contribution < -0.4 is 15.5 Å². The average Bonchev–Trinajstić information content (AvgIpc) is 2.34. The van der Waals surface area contributed by atoms with Gasteiger partial charge in [-0.2, -0.15) is 0 Å². The Hall–Kier alpha value is -1.88.